The molecule has 0 aliphatic carbocycles. The second-order valence-corrected chi connectivity index (χ2v) is 10.1. The molecule has 0 saturated carbocycles. The zero-order valence-corrected chi connectivity index (χ0v) is 21.1. The topological polar surface area (TPSA) is 109 Å². The Labute approximate surface area is 191 Å². The Morgan fingerprint density at radius 2 is 1.76 bits per heavy atom. The first-order valence-corrected chi connectivity index (χ1v) is 11.2. The summed E-state index contributed by atoms with van der Waals surface area (Å²) >= 11 is 0. The van der Waals surface area contributed by atoms with E-state index in [0.29, 0.717) is 5.96 Å². The van der Waals surface area contributed by atoms with Crippen molar-refractivity contribution in [2.75, 3.05) is 30.4 Å². The van der Waals surface area contributed by atoms with Crippen LogP contribution in [0.2, 0.25) is 0 Å². The number of benzene rings is 1. The van der Waals surface area contributed by atoms with E-state index in [1.165, 1.54) is 6.26 Å². The van der Waals surface area contributed by atoms with E-state index < -0.39 is 9.84 Å². The summed E-state index contributed by atoms with van der Waals surface area (Å²) in [4.78, 5) is 16.3. The summed E-state index contributed by atoms with van der Waals surface area (Å²) in [6.45, 7) is 9.66. The normalized spacial score (nSPS) is 12.2. The van der Waals surface area contributed by atoms with Gasteiger partial charge in [0, 0.05) is 24.0 Å². The van der Waals surface area contributed by atoms with Gasteiger partial charge in [0.1, 0.15) is 22.1 Å². The molecule has 3 N–H and O–H groups in total. The van der Waals surface area contributed by atoms with Gasteiger partial charge in [-0.15, -0.1) is 24.0 Å². The molecule has 0 bridgehead atoms. The molecular formula is C19H33IN4O4S. The number of sulfone groups is 1. The smallest absolute Gasteiger partial charge is 0.242 e. The first kappa shape index (κ1) is 27.4. The fraction of sp³-hybridized carbons (Fsp3) is 0.579. The van der Waals surface area contributed by atoms with Crippen LogP contribution in [0.15, 0.2) is 29.3 Å². The molecule has 166 valence electrons. The van der Waals surface area contributed by atoms with Gasteiger partial charge in [-0.05, 0) is 58.9 Å². The van der Waals surface area contributed by atoms with Gasteiger partial charge in [0.2, 0.25) is 5.91 Å². The Bertz CT molecular complexity index is 772. The van der Waals surface area contributed by atoms with Gasteiger partial charge >= 0.3 is 0 Å². The first-order chi connectivity index (χ1) is 12.8. The van der Waals surface area contributed by atoms with E-state index in [1.54, 1.807) is 0 Å². The van der Waals surface area contributed by atoms with E-state index in [0.717, 1.165) is 11.4 Å². The second-order valence-electron chi connectivity index (χ2n) is 7.84. The Hall–Kier alpha value is -1.56. The van der Waals surface area contributed by atoms with Crippen molar-refractivity contribution in [3.63, 3.8) is 0 Å². The first-order valence-electron chi connectivity index (χ1n) is 9.15. The number of aliphatic imine (C=N–C) groups is 1. The number of ether oxygens (including phenoxy) is 1. The van der Waals surface area contributed by atoms with E-state index >= 15 is 0 Å². The number of nitrogens with zero attached hydrogens (tertiary/aromatic N) is 1. The van der Waals surface area contributed by atoms with Gasteiger partial charge in [0.05, 0.1) is 11.9 Å². The van der Waals surface area contributed by atoms with Crippen LogP contribution in [-0.4, -0.2) is 57.0 Å². The van der Waals surface area contributed by atoms with Crippen molar-refractivity contribution < 1.29 is 17.9 Å². The zero-order valence-electron chi connectivity index (χ0n) is 17.9. The van der Waals surface area contributed by atoms with E-state index in [-0.39, 0.29) is 60.4 Å². The summed E-state index contributed by atoms with van der Waals surface area (Å²) in [6, 6.07) is 7.28. The van der Waals surface area contributed by atoms with Crippen molar-refractivity contribution >= 4 is 51.4 Å². The van der Waals surface area contributed by atoms with Gasteiger partial charge in [-0.1, -0.05) is 0 Å². The van der Waals surface area contributed by atoms with Crippen LogP contribution in [0.3, 0.4) is 0 Å². The number of hydrogen-bond acceptors (Lipinski definition) is 5. The van der Waals surface area contributed by atoms with Crippen LogP contribution in [0.25, 0.3) is 0 Å². The number of anilines is 1. The number of amides is 1. The maximum atomic E-state index is 12.0. The Kier molecular flexibility index (Phi) is 11.6. The summed E-state index contributed by atoms with van der Waals surface area (Å²) in [6.07, 6.45) is 1.25. The number of carbonyl (C=O) groups excluding carboxylic acids is 1. The zero-order chi connectivity index (χ0) is 21.4. The van der Waals surface area contributed by atoms with Gasteiger partial charge in [0.15, 0.2) is 5.96 Å². The van der Waals surface area contributed by atoms with Crippen molar-refractivity contribution in [2.45, 2.75) is 46.3 Å². The lowest BCUT2D eigenvalue weighted by atomic mass is 10.1. The lowest BCUT2D eigenvalue weighted by Crippen LogP contribution is -2.42. The van der Waals surface area contributed by atoms with Gasteiger partial charge in [0.25, 0.3) is 0 Å². The molecular weight excluding hydrogens is 507 g/mol. The number of hydrogen-bond donors (Lipinski definition) is 3. The van der Waals surface area contributed by atoms with Crippen LogP contribution in [0, 0.1) is 0 Å². The monoisotopic (exact) mass is 540 g/mol. The Balaban J connectivity index is 0.00000784. The lowest BCUT2D eigenvalue weighted by molar-refractivity contribution is -0.121. The molecule has 0 aromatic heterocycles. The third kappa shape index (κ3) is 14.1. The molecule has 1 aromatic carbocycles. The molecule has 29 heavy (non-hydrogen) atoms. The molecule has 8 nitrogen and oxygen atoms in total. The molecule has 0 unspecified atom stereocenters. The quantitative estimate of drug-likeness (QED) is 0.266. The molecule has 1 amide bonds. The fourth-order valence-electron chi connectivity index (χ4n) is 2.13. The highest BCUT2D eigenvalue weighted by Gasteiger charge is 2.13. The molecule has 0 aliphatic heterocycles. The minimum atomic E-state index is -3.11. The van der Waals surface area contributed by atoms with Crippen LogP contribution in [0.1, 0.15) is 34.6 Å². The van der Waals surface area contributed by atoms with Gasteiger partial charge in [-0.25, -0.2) is 13.4 Å². The van der Waals surface area contributed by atoms with Crippen LogP contribution in [-0.2, 0) is 14.6 Å². The van der Waals surface area contributed by atoms with Crippen molar-refractivity contribution in [3.8, 4) is 5.75 Å². The van der Waals surface area contributed by atoms with Gasteiger partial charge in [-0.3, -0.25) is 4.79 Å². The highest BCUT2D eigenvalue weighted by atomic mass is 127. The van der Waals surface area contributed by atoms with Crippen LogP contribution >= 0.6 is 24.0 Å². The number of rotatable bonds is 8. The maximum absolute atomic E-state index is 12.0. The lowest BCUT2D eigenvalue weighted by Gasteiger charge is -2.20. The number of guanidine groups is 1. The molecule has 0 saturated heterocycles. The molecule has 1 rings (SSSR count). The van der Waals surface area contributed by atoms with Crippen molar-refractivity contribution in [2.24, 2.45) is 4.99 Å². The molecule has 0 heterocycles. The molecule has 0 radical (unpaired) electrons. The molecule has 0 atom stereocenters. The summed E-state index contributed by atoms with van der Waals surface area (Å²) in [5, 5.41) is 8.84. The summed E-state index contributed by atoms with van der Waals surface area (Å²) in [5.74, 6) is 0.805. The highest BCUT2D eigenvalue weighted by molar-refractivity contribution is 14.0. The van der Waals surface area contributed by atoms with Gasteiger partial charge in [-0.2, -0.15) is 0 Å². The predicted octanol–water partition coefficient (Wildman–Crippen LogP) is 2.41. The molecule has 1 aromatic rings. The van der Waals surface area contributed by atoms with Crippen LogP contribution < -0.4 is 20.7 Å². The average molecular weight is 540 g/mol. The predicted molar refractivity (Wildman–Crippen MR) is 129 cm³/mol. The van der Waals surface area contributed by atoms with E-state index in [4.69, 9.17) is 4.74 Å². The van der Waals surface area contributed by atoms with E-state index in [1.807, 2.05) is 58.9 Å². The summed E-state index contributed by atoms with van der Waals surface area (Å²) in [7, 11) is -3.11. The van der Waals surface area contributed by atoms with Crippen molar-refractivity contribution in [1.29, 1.82) is 0 Å². The Morgan fingerprint density at radius 1 is 1.17 bits per heavy atom. The number of carbonyl (C=O) groups is 1. The standard InChI is InChI=1S/C19H32N4O4S.HI/c1-14(2)27-16-9-7-15(8-10-16)22-18(20-11-12-28(6,25)26)21-13-17(24)23-19(3,4)5;/h7-10,14H,11-13H2,1-6H3,(H,23,24)(H2,20,21,22);1H. The molecule has 0 spiro atoms. The minimum Gasteiger partial charge on any atom is -0.491 e. The maximum Gasteiger partial charge on any atom is 0.242 e. The SMILES string of the molecule is CC(C)Oc1ccc(NC(=NCC(=O)NC(C)(C)C)NCCS(C)(=O)=O)cc1.I. The molecule has 0 fully saturated rings. The van der Waals surface area contributed by atoms with Crippen LogP contribution in [0.4, 0.5) is 5.69 Å². The Morgan fingerprint density at radius 3 is 2.24 bits per heavy atom. The fourth-order valence-corrected chi connectivity index (χ4v) is 2.60. The number of halogens is 1. The van der Waals surface area contributed by atoms with Crippen LogP contribution in [0.5, 0.6) is 5.75 Å². The van der Waals surface area contributed by atoms with Crippen molar-refractivity contribution in [1.82, 2.24) is 10.6 Å². The highest BCUT2D eigenvalue weighted by Crippen LogP contribution is 2.16. The largest absolute Gasteiger partial charge is 0.491 e. The second kappa shape index (κ2) is 12.2. The third-order valence-electron chi connectivity index (χ3n) is 3.15. The van der Waals surface area contributed by atoms with E-state index in [2.05, 4.69) is 20.9 Å². The summed E-state index contributed by atoms with van der Waals surface area (Å²) in [5.41, 5.74) is 0.383. The summed E-state index contributed by atoms with van der Waals surface area (Å²) < 4.78 is 28.3. The van der Waals surface area contributed by atoms with Gasteiger partial charge < -0.3 is 20.7 Å². The number of nitrogens with one attached hydrogen (secondary N) is 3. The molecule has 0 aliphatic rings. The minimum absolute atomic E-state index is 0. The van der Waals surface area contributed by atoms with E-state index in [9.17, 15) is 13.2 Å². The van der Waals surface area contributed by atoms with Crippen molar-refractivity contribution in [3.05, 3.63) is 24.3 Å². The third-order valence-corrected chi connectivity index (χ3v) is 4.10. The molecule has 10 heteroatoms. The average Bonchev–Trinajstić information content (AvgIpc) is 2.51.